The molecule has 2 aromatic heterocycles. The summed E-state index contributed by atoms with van der Waals surface area (Å²) in [6, 6.07) is 10.9. The number of carboxylic acid groups (broad SMARTS) is 1. The van der Waals surface area contributed by atoms with Crippen molar-refractivity contribution in [2.45, 2.75) is 25.4 Å². The van der Waals surface area contributed by atoms with Crippen molar-refractivity contribution in [1.82, 2.24) is 25.0 Å². The number of nitrogens with zero attached hydrogens (tertiary/aromatic N) is 4. The smallest absolute Gasteiger partial charge is 0.407 e. The summed E-state index contributed by atoms with van der Waals surface area (Å²) in [7, 11) is 0. The maximum atomic E-state index is 13.2. The van der Waals surface area contributed by atoms with Gasteiger partial charge in [0.1, 0.15) is 6.04 Å². The van der Waals surface area contributed by atoms with Gasteiger partial charge in [0, 0.05) is 25.4 Å². The lowest BCUT2D eigenvalue weighted by Crippen LogP contribution is -2.47. The summed E-state index contributed by atoms with van der Waals surface area (Å²) < 4.78 is 1.42. The van der Waals surface area contributed by atoms with Gasteiger partial charge in [-0.15, -0.1) is 0 Å². The molecule has 0 fully saturated rings. The number of primary amides is 1. The van der Waals surface area contributed by atoms with Crippen LogP contribution < -0.4 is 11.1 Å². The van der Waals surface area contributed by atoms with E-state index in [1.54, 1.807) is 36.5 Å². The number of hydrogen-bond donors (Lipinski definition) is 3. The highest BCUT2D eigenvalue weighted by Crippen LogP contribution is 2.21. The summed E-state index contributed by atoms with van der Waals surface area (Å²) in [6.45, 7) is 0.484. The van der Waals surface area contributed by atoms with Crippen LogP contribution in [-0.4, -0.2) is 61.0 Å². The number of aromatic nitrogens is 3. The van der Waals surface area contributed by atoms with E-state index in [-0.39, 0.29) is 24.3 Å². The van der Waals surface area contributed by atoms with Crippen molar-refractivity contribution < 1.29 is 24.3 Å². The van der Waals surface area contributed by atoms with Gasteiger partial charge in [-0.1, -0.05) is 30.3 Å². The number of amides is 3. The minimum atomic E-state index is -1.16. The van der Waals surface area contributed by atoms with E-state index in [0.717, 1.165) is 11.1 Å². The van der Waals surface area contributed by atoms with Gasteiger partial charge in [0.2, 0.25) is 5.78 Å². The number of Topliss-reactive ketones (excluding diaryl/α,β-unsaturated/α-hetero) is 1. The van der Waals surface area contributed by atoms with Crippen LogP contribution in [0.4, 0.5) is 4.79 Å². The van der Waals surface area contributed by atoms with Gasteiger partial charge >= 0.3 is 6.09 Å². The molecule has 1 aliphatic heterocycles. The molecule has 0 spiro atoms. The second-order valence-electron chi connectivity index (χ2n) is 7.82. The van der Waals surface area contributed by atoms with E-state index in [2.05, 4.69) is 15.4 Å². The van der Waals surface area contributed by atoms with Gasteiger partial charge in [-0.3, -0.25) is 14.4 Å². The van der Waals surface area contributed by atoms with Crippen LogP contribution in [0.15, 0.2) is 54.9 Å². The topological polar surface area (TPSA) is 161 Å². The van der Waals surface area contributed by atoms with E-state index in [9.17, 15) is 24.3 Å². The first-order chi connectivity index (χ1) is 16.3. The van der Waals surface area contributed by atoms with Gasteiger partial charge < -0.3 is 21.1 Å². The molecule has 3 amide bonds. The normalized spacial score (nSPS) is 13.6. The zero-order valence-electron chi connectivity index (χ0n) is 18.0. The van der Waals surface area contributed by atoms with E-state index >= 15 is 0 Å². The average Bonchev–Trinajstić information content (AvgIpc) is 3.27. The predicted molar refractivity (Wildman–Crippen MR) is 119 cm³/mol. The number of nitrogens with one attached hydrogen (secondary N) is 1. The Balaban J connectivity index is 1.60. The van der Waals surface area contributed by atoms with Gasteiger partial charge in [0.05, 0.1) is 17.8 Å². The van der Waals surface area contributed by atoms with Crippen LogP contribution in [0, 0.1) is 0 Å². The van der Waals surface area contributed by atoms with Crippen molar-refractivity contribution in [3.05, 3.63) is 77.2 Å². The van der Waals surface area contributed by atoms with Gasteiger partial charge in [0.15, 0.2) is 5.82 Å². The SMILES string of the molecule is NC(=O)C(=O)C(Cc1ccccc1)NC(=O)c1cccnc1-n1cc2c(n1)CN(C(=O)O)CC2. The van der Waals surface area contributed by atoms with Crippen LogP contribution in [0.5, 0.6) is 0 Å². The zero-order chi connectivity index (χ0) is 24.2. The third kappa shape index (κ3) is 4.77. The van der Waals surface area contributed by atoms with Crippen molar-refractivity contribution in [2.75, 3.05) is 6.54 Å². The van der Waals surface area contributed by atoms with Crippen LogP contribution in [0.3, 0.4) is 0 Å². The third-order valence-electron chi connectivity index (χ3n) is 5.54. The number of benzene rings is 1. The van der Waals surface area contributed by atoms with E-state index in [1.165, 1.54) is 21.8 Å². The standard InChI is InChI=1S/C23H22N6O5/c24-20(31)19(30)17(11-14-5-2-1-3-6-14)26-22(32)16-7-4-9-25-21(16)29-12-15-8-10-28(23(33)34)13-18(15)27-29/h1-7,9,12,17H,8,10-11,13H2,(H2,24,31)(H,26,32)(H,33,34). The van der Waals surface area contributed by atoms with Crippen molar-refractivity contribution in [3.8, 4) is 5.82 Å². The lowest BCUT2D eigenvalue weighted by atomic mass is 10.0. The third-order valence-corrected chi connectivity index (χ3v) is 5.54. The fourth-order valence-corrected chi connectivity index (χ4v) is 3.80. The quantitative estimate of drug-likeness (QED) is 0.436. The van der Waals surface area contributed by atoms with E-state index < -0.39 is 29.7 Å². The van der Waals surface area contributed by atoms with Crippen molar-refractivity contribution in [2.24, 2.45) is 5.73 Å². The minimum absolute atomic E-state index is 0.0883. The molecular weight excluding hydrogens is 440 g/mol. The second-order valence-corrected chi connectivity index (χ2v) is 7.82. The Hall–Kier alpha value is -4.54. The largest absolute Gasteiger partial charge is 0.465 e. The first-order valence-electron chi connectivity index (χ1n) is 10.5. The molecular formula is C23H22N6O5. The molecule has 174 valence electrons. The first-order valence-corrected chi connectivity index (χ1v) is 10.5. The average molecular weight is 462 g/mol. The number of rotatable bonds is 7. The monoisotopic (exact) mass is 462 g/mol. The molecule has 0 aliphatic carbocycles. The van der Waals surface area contributed by atoms with Crippen molar-refractivity contribution in [3.63, 3.8) is 0 Å². The van der Waals surface area contributed by atoms with Gasteiger partial charge in [0.25, 0.3) is 11.8 Å². The number of pyridine rings is 1. The molecule has 0 bridgehead atoms. The molecule has 11 nitrogen and oxygen atoms in total. The van der Waals surface area contributed by atoms with E-state index in [0.29, 0.717) is 18.7 Å². The molecule has 4 N–H and O–H groups in total. The number of ketones is 1. The van der Waals surface area contributed by atoms with Crippen LogP contribution in [0.1, 0.15) is 27.2 Å². The summed E-state index contributed by atoms with van der Waals surface area (Å²) in [5.41, 5.74) is 7.52. The lowest BCUT2D eigenvalue weighted by molar-refractivity contribution is -0.137. The molecule has 1 unspecified atom stereocenters. The Kier molecular flexibility index (Phi) is 6.35. The van der Waals surface area contributed by atoms with Crippen molar-refractivity contribution in [1.29, 1.82) is 0 Å². The first kappa shape index (κ1) is 22.6. The van der Waals surface area contributed by atoms with Crippen LogP contribution in [0.2, 0.25) is 0 Å². The molecule has 0 saturated carbocycles. The number of carbonyl (C=O) groups excluding carboxylic acids is 3. The molecule has 4 rings (SSSR count). The summed E-state index contributed by atoms with van der Waals surface area (Å²) in [6.07, 6.45) is 2.75. The molecule has 34 heavy (non-hydrogen) atoms. The number of fused-ring (bicyclic) bond motifs is 1. The molecule has 0 saturated heterocycles. The Morgan fingerprint density at radius 2 is 1.88 bits per heavy atom. The van der Waals surface area contributed by atoms with Gasteiger partial charge in [-0.25, -0.2) is 14.5 Å². The Morgan fingerprint density at radius 1 is 1.12 bits per heavy atom. The summed E-state index contributed by atoms with van der Waals surface area (Å²) in [4.78, 5) is 54.0. The lowest BCUT2D eigenvalue weighted by Gasteiger charge is -2.22. The van der Waals surface area contributed by atoms with E-state index in [4.69, 9.17) is 5.73 Å². The highest BCUT2D eigenvalue weighted by Gasteiger charge is 2.28. The molecule has 3 aromatic rings. The van der Waals surface area contributed by atoms with Gasteiger partial charge in [-0.2, -0.15) is 5.10 Å². The molecule has 0 radical (unpaired) electrons. The molecule has 11 heteroatoms. The zero-order valence-corrected chi connectivity index (χ0v) is 18.0. The maximum Gasteiger partial charge on any atom is 0.407 e. The predicted octanol–water partition coefficient (Wildman–Crippen LogP) is 0.699. The fraction of sp³-hybridized carbons (Fsp3) is 0.217. The minimum Gasteiger partial charge on any atom is -0.465 e. The second kappa shape index (κ2) is 9.53. The highest BCUT2D eigenvalue weighted by molar-refractivity contribution is 6.38. The highest BCUT2D eigenvalue weighted by atomic mass is 16.4. The summed E-state index contributed by atoms with van der Waals surface area (Å²) in [5, 5.41) is 16.3. The van der Waals surface area contributed by atoms with Gasteiger partial charge in [-0.05, 0) is 29.7 Å². The number of hydrogen-bond acceptors (Lipinski definition) is 6. The van der Waals surface area contributed by atoms with Crippen LogP contribution in [0.25, 0.3) is 5.82 Å². The summed E-state index contributed by atoms with van der Waals surface area (Å²) >= 11 is 0. The summed E-state index contributed by atoms with van der Waals surface area (Å²) in [5.74, 6) is -2.47. The number of nitrogens with two attached hydrogens (primary N) is 1. The molecule has 1 aliphatic rings. The fourth-order valence-electron chi connectivity index (χ4n) is 3.80. The van der Waals surface area contributed by atoms with Crippen LogP contribution in [-0.2, 0) is 29.0 Å². The number of carbonyl (C=O) groups is 4. The van der Waals surface area contributed by atoms with Crippen molar-refractivity contribution >= 4 is 23.7 Å². The molecule has 3 heterocycles. The maximum absolute atomic E-state index is 13.2. The van der Waals surface area contributed by atoms with E-state index in [1.807, 2.05) is 6.07 Å². The molecule has 1 aromatic carbocycles. The molecule has 1 atom stereocenters. The Bertz CT molecular complexity index is 1260. The Labute approximate surface area is 194 Å². The van der Waals surface area contributed by atoms with Crippen LogP contribution >= 0.6 is 0 Å². The Morgan fingerprint density at radius 3 is 2.59 bits per heavy atom.